The first kappa shape index (κ1) is 13.8. The third-order valence-electron chi connectivity index (χ3n) is 2.46. The van der Waals surface area contributed by atoms with E-state index in [2.05, 4.69) is 9.71 Å². The van der Waals surface area contributed by atoms with Crippen molar-refractivity contribution in [1.82, 2.24) is 4.98 Å². The quantitative estimate of drug-likeness (QED) is 0.885. The van der Waals surface area contributed by atoms with Crippen LogP contribution in [0, 0.1) is 13.8 Å². The smallest absolute Gasteiger partial charge is 0.263 e. The summed E-state index contributed by atoms with van der Waals surface area (Å²) in [6.45, 7) is 3.70. The van der Waals surface area contributed by atoms with Crippen LogP contribution in [0.3, 0.4) is 0 Å². The predicted octanol–water partition coefficient (Wildman–Crippen LogP) is 3.15. The Morgan fingerprint density at radius 3 is 2.32 bits per heavy atom. The van der Waals surface area contributed by atoms with Crippen LogP contribution in [0.2, 0.25) is 5.15 Å². The van der Waals surface area contributed by atoms with Crippen LogP contribution < -0.4 is 4.72 Å². The highest BCUT2D eigenvalue weighted by atomic mass is 35.5. The first-order valence-corrected chi connectivity index (χ1v) is 7.46. The molecule has 0 saturated carbocycles. The number of aromatic nitrogens is 1. The molecule has 0 unspecified atom stereocenters. The summed E-state index contributed by atoms with van der Waals surface area (Å²) in [5.41, 5.74) is 1.78. The van der Waals surface area contributed by atoms with Crippen molar-refractivity contribution >= 4 is 27.4 Å². The second kappa shape index (κ2) is 5.19. The van der Waals surface area contributed by atoms with Gasteiger partial charge >= 0.3 is 0 Å². The largest absolute Gasteiger partial charge is 0.263 e. The number of hydrogen-bond acceptors (Lipinski definition) is 3. The fourth-order valence-corrected chi connectivity index (χ4v) is 3.10. The average molecular weight is 297 g/mol. The summed E-state index contributed by atoms with van der Waals surface area (Å²) in [6.07, 6.45) is 0. The molecule has 100 valence electrons. The summed E-state index contributed by atoms with van der Waals surface area (Å²) in [4.78, 5) is 4.12. The Bertz CT molecular complexity index is 694. The van der Waals surface area contributed by atoms with E-state index in [0.717, 1.165) is 11.1 Å². The van der Waals surface area contributed by atoms with Crippen LogP contribution in [0.15, 0.2) is 41.3 Å². The number of nitrogens with one attached hydrogen (secondary N) is 1. The van der Waals surface area contributed by atoms with Crippen molar-refractivity contribution in [3.8, 4) is 0 Å². The summed E-state index contributed by atoms with van der Waals surface area (Å²) in [5.74, 6) is 0.201. The normalized spacial score (nSPS) is 11.3. The Labute approximate surface area is 117 Å². The molecule has 0 fully saturated rings. The molecule has 0 atom stereocenters. The molecule has 1 aromatic heterocycles. The molecule has 0 radical (unpaired) electrons. The Morgan fingerprint density at radius 1 is 1.11 bits per heavy atom. The van der Waals surface area contributed by atoms with E-state index < -0.39 is 10.0 Å². The number of anilines is 1. The van der Waals surface area contributed by atoms with E-state index in [0.29, 0.717) is 0 Å². The first-order chi connectivity index (χ1) is 8.87. The molecule has 19 heavy (non-hydrogen) atoms. The lowest BCUT2D eigenvalue weighted by Crippen LogP contribution is -2.14. The van der Waals surface area contributed by atoms with Crippen LogP contribution in [-0.2, 0) is 10.0 Å². The zero-order valence-corrected chi connectivity index (χ0v) is 12.1. The molecule has 0 aliphatic carbocycles. The van der Waals surface area contributed by atoms with Crippen LogP contribution in [0.25, 0.3) is 0 Å². The van der Waals surface area contributed by atoms with Crippen molar-refractivity contribution in [2.45, 2.75) is 18.7 Å². The number of sulfonamides is 1. The number of nitrogens with zero attached hydrogens (tertiary/aromatic N) is 1. The van der Waals surface area contributed by atoms with Crippen molar-refractivity contribution in [3.05, 3.63) is 52.7 Å². The molecule has 2 aromatic rings. The lowest BCUT2D eigenvalue weighted by molar-refractivity contribution is 0.601. The van der Waals surface area contributed by atoms with E-state index >= 15 is 0 Å². The first-order valence-electron chi connectivity index (χ1n) is 5.60. The molecule has 4 nitrogen and oxygen atoms in total. The van der Waals surface area contributed by atoms with Gasteiger partial charge in [0.1, 0.15) is 11.0 Å². The minimum atomic E-state index is -3.65. The lowest BCUT2D eigenvalue weighted by atomic mass is 10.2. The van der Waals surface area contributed by atoms with Gasteiger partial charge in [-0.2, -0.15) is 0 Å². The SMILES string of the molecule is Cc1cc(C)cc(S(=O)(=O)Nc2cccc(Cl)n2)c1. The van der Waals surface area contributed by atoms with Crippen LogP contribution in [0.1, 0.15) is 11.1 Å². The van der Waals surface area contributed by atoms with Gasteiger partial charge in [-0.1, -0.05) is 23.7 Å². The third-order valence-corrected chi connectivity index (χ3v) is 4.00. The Morgan fingerprint density at radius 2 is 1.74 bits per heavy atom. The van der Waals surface area contributed by atoms with E-state index in [1.807, 2.05) is 19.9 Å². The van der Waals surface area contributed by atoms with Crippen molar-refractivity contribution in [2.24, 2.45) is 0 Å². The number of pyridine rings is 1. The highest BCUT2D eigenvalue weighted by molar-refractivity contribution is 7.92. The zero-order chi connectivity index (χ0) is 14.0. The van der Waals surface area contributed by atoms with E-state index in [1.54, 1.807) is 30.3 Å². The van der Waals surface area contributed by atoms with E-state index in [1.165, 1.54) is 0 Å². The molecule has 0 bridgehead atoms. The van der Waals surface area contributed by atoms with E-state index in [4.69, 9.17) is 11.6 Å². The van der Waals surface area contributed by atoms with Crippen molar-refractivity contribution in [1.29, 1.82) is 0 Å². The lowest BCUT2D eigenvalue weighted by Gasteiger charge is -2.09. The van der Waals surface area contributed by atoms with Gasteiger partial charge in [0.25, 0.3) is 10.0 Å². The Hall–Kier alpha value is -1.59. The molecular formula is C13H13ClN2O2S. The summed E-state index contributed by atoms with van der Waals surface area (Å²) in [5, 5.41) is 0.237. The second-order valence-electron chi connectivity index (χ2n) is 4.27. The maximum absolute atomic E-state index is 12.2. The fraction of sp³-hybridized carbons (Fsp3) is 0.154. The van der Waals surface area contributed by atoms with Gasteiger partial charge in [0.2, 0.25) is 0 Å². The standard InChI is InChI=1S/C13H13ClN2O2S/c1-9-6-10(2)8-11(7-9)19(17,18)16-13-5-3-4-12(14)15-13/h3-8H,1-2H3,(H,15,16). The maximum Gasteiger partial charge on any atom is 0.263 e. The van der Waals surface area contributed by atoms with Crippen molar-refractivity contribution < 1.29 is 8.42 Å². The minimum absolute atomic E-state index is 0.201. The molecule has 1 heterocycles. The monoisotopic (exact) mass is 296 g/mol. The van der Waals surface area contributed by atoms with Gasteiger partial charge in [0.15, 0.2) is 0 Å². The van der Waals surface area contributed by atoms with Gasteiger partial charge in [-0.3, -0.25) is 4.72 Å². The number of benzene rings is 1. The van der Waals surface area contributed by atoms with E-state index in [9.17, 15) is 8.42 Å². The summed E-state index contributed by atoms with van der Waals surface area (Å²) >= 11 is 5.72. The molecular weight excluding hydrogens is 284 g/mol. The molecule has 0 saturated heterocycles. The maximum atomic E-state index is 12.2. The highest BCUT2D eigenvalue weighted by Gasteiger charge is 2.15. The van der Waals surface area contributed by atoms with Gasteiger partial charge in [-0.15, -0.1) is 0 Å². The molecule has 0 spiro atoms. The summed E-state index contributed by atoms with van der Waals surface area (Å²) < 4.78 is 26.9. The second-order valence-corrected chi connectivity index (χ2v) is 6.34. The van der Waals surface area contributed by atoms with Gasteiger partial charge in [-0.05, 0) is 49.2 Å². The van der Waals surface area contributed by atoms with Crippen LogP contribution in [0.5, 0.6) is 0 Å². The summed E-state index contributed by atoms with van der Waals surface area (Å²) in [6, 6.07) is 9.90. The predicted molar refractivity (Wildman–Crippen MR) is 76.0 cm³/mol. The Kier molecular flexibility index (Phi) is 3.78. The molecule has 0 amide bonds. The Balaban J connectivity index is 2.37. The average Bonchev–Trinajstić information content (AvgIpc) is 2.26. The van der Waals surface area contributed by atoms with Gasteiger partial charge in [0, 0.05) is 0 Å². The van der Waals surface area contributed by atoms with Gasteiger partial charge < -0.3 is 0 Å². The minimum Gasteiger partial charge on any atom is -0.263 e. The van der Waals surface area contributed by atoms with Gasteiger partial charge in [-0.25, -0.2) is 13.4 Å². The molecule has 0 aliphatic heterocycles. The number of hydrogen-bond donors (Lipinski definition) is 1. The number of halogens is 1. The number of aryl methyl sites for hydroxylation is 2. The molecule has 0 aliphatic rings. The van der Waals surface area contributed by atoms with Crippen LogP contribution in [-0.4, -0.2) is 13.4 Å². The summed E-state index contributed by atoms with van der Waals surface area (Å²) in [7, 11) is -3.65. The van der Waals surface area contributed by atoms with Crippen molar-refractivity contribution in [2.75, 3.05) is 4.72 Å². The molecule has 1 aromatic carbocycles. The third kappa shape index (κ3) is 3.45. The topological polar surface area (TPSA) is 59.1 Å². The van der Waals surface area contributed by atoms with Crippen LogP contribution in [0.4, 0.5) is 5.82 Å². The molecule has 6 heteroatoms. The van der Waals surface area contributed by atoms with Crippen LogP contribution >= 0.6 is 11.6 Å². The number of rotatable bonds is 3. The fourth-order valence-electron chi connectivity index (χ4n) is 1.75. The zero-order valence-electron chi connectivity index (χ0n) is 10.5. The van der Waals surface area contributed by atoms with Gasteiger partial charge in [0.05, 0.1) is 4.90 Å². The molecule has 2 rings (SSSR count). The molecule has 1 N–H and O–H groups in total. The van der Waals surface area contributed by atoms with Crippen molar-refractivity contribution in [3.63, 3.8) is 0 Å². The highest BCUT2D eigenvalue weighted by Crippen LogP contribution is 2.18. The van der Waals surface area contributed by atoms with E-state index in [-0.39, 0.29) is 15.9 Å².